The fraction of sp³-hybridized carbons (Fsp3) is 0.417. The van der Waals surface area contributed by atoms with E-state index < -0.39 is 12.6 Å². The van der Waals surface area contributed by atoms with E-state index in [4.69, 9.17) is 0 Å². The van der Waals surface area contributed by atoms with Gasteiger partial charge in [0.1, 0.15) is 0 Å². The first-order valence-corrected chi connectivity index (χ1v) is 4.90. The summed E-state index contributed by atoms with van der Waals surface area (Å²) in [5.74, 6) is -0.612. The number of hydrogen-bond donors (Lipinski definition) is 1. The summed E-state index contributed by atoms with van der Waals surface area (Å²) >= 11 is 0. The van der Waals surface area contributed by atoms with E-state index >= 15 is 0 Å². The molecule has 0 atom stereocenters. The van der Waals surface area contributed by atoms with Crippen molar-refractivity contribution in [1.29, 1.82) is 0 Å². The Bertz CT molecular complexity index is 338. The van der Waals surface area contributed by atoms with Gasteiger partial charge < -0.3 is 5.32 Å². The molecule has 0 spiro atoms. The highest BCUT2D eigenvalue weighted by molar-refractivity contribution is 5.91. The minimum absolute atomic E-state index is 0.0859. The SMILES string of the molecule is CC(C)(C)c1ccc(NC(=O)CF)cc1. The molecule has 0 aliphatic carbocycles. The summed E-state index contributed by atoms with van der Waals surface area (Å²) in [7, 11) is 0. The Morgan fingerprint density at radius 2 is 1.80 bits per heavy atom. The van der Waals surface area contributed by atoms with Crippen LogP contribution in [0.3, 0.4) is 0 Å². The van der Waals surface area contributed by atoms with Gasteiger partial charge in [-0.2, -0.15) is 0 Å². The van der Waals surface area contributed by atoms with Crippen molar-refractivity contribution in [2.75, 3.05) is 12.0 Å². The van der Waals surface area contributed by atoms with E-state index in [1.54, 1.807) is 12.1 Å². The molecule has 0 saturated heterocycles. The lowest BCUT2D eigenvalue weighted by molar-refractivity contribution is -0.117. The molecule has 1 aromatic rings. The van der Waals surface area contributed by atoms with Crippen LogP contribution < -0.4 is 5.32 Å². The predicted molar refractivity (Wildman–Crippen MR) is 59.7 cm³/mol. The number of anilines is 1. The first-order chi connectivity index (χ1) is 6.93. The van der Waals surface area contributed by atoms with Gasteiger partial charge in [0.2, 0.25) is 0 Å². The Kier molecular flexibility index (Phi) is 3.45. The van der Waals surface area contributed by atoms with Gasteiger partial charge in [0.25, 0.3) is 5.91 Å². The van der Waals surface area contributed by atoms with Gasteiger partial charge >= 0.3 is 0 Å². The lowest BCUT2D eigenvalue weighted by Gasteiger charge is -2.19. The molecule has 1 aromatic carbocycles. The first-order valence-electron chi connectivity index (χ1n) is 4.90. The maximum atomic E-state index is 11.9. The molecule has 0 aliphatic rings. The molecule has 0 heterocycles. The highest BCUT2D eigenvalue weighted by Gasteiger charge is 2.12. The Hall–Kier alpha value is -1.38. The smallest absolute Gasteiger partial charge is 0.255 e. The molecule has 0 saturated carbocycles. The van der Waals surface area contributed by atoms with Crippen LogP contribution in [0.15, 0.2) is 24.3 Å². The largest absolute Gasteiger partial charge is 0.324 e. The monoisotopic (exact) mass is 209 g/mol. The molecule has 0 aromatic heterocycles. The molecule has 15 heavy (non-hydrogen) atoms. The molecule has 0 aliphatic heterocycles. The van der Waals surface area contributed by atoms with E-state index in [-0.39, 0.29) is 5.41 Å². The molecule has 1 amide bonds. The first kappa shape index (κ1) is 11.7. The van der Waals surface area contributed by atoms with Crippen LogP contribution in [0, 0.1) is 0 Å². The average molecular weight is 209 g/mol. The number of alkyl halides is 1. The van der Waals surface area contributed by atoms with Crippen molar-refractivity contribution in [3.05, 3.63) is 29.8 Å². The molecular weight excluding hydrogens is 193 g/mol. The number of amides is 1. The number of carbonyl (C=O) groups is 1. The van der Waals surface area contributed by atoms with Crippen LogP contribution in [0.5, 0.6) is 0 Å². The van der Waals surface area contributed by atoms with Gasteiger partial charge in [-0.1, -0.05) is 32.9 Å². The number of nitrogens with one attached hydrogen (secondary N) is 1. The highest BCUT2D eigenvalue weighted by Crippen LogP contribution is 2.23. The molecule has 0 radical (unpaired) electrons. The minimum atomic E-state index is -0.985. The fourth-order valence-corrected chi connectivity index (χ4v) is 1.25. The number of carbonyl (C=O) groups excluding carboxylic acids is 1. The van der Waals surface area contributed by atoms with Crippen LogP contribution in [0.4, 0.5) is 10.1 Å². The number of hydrogen-bond acceptors (Lipinski definition) is 1. The summed E-state index contributed by atoms with van der Waals surface area (Å²) in [6.07, 6.45) is 0. The van der Waals surface area contributed by atoms with E-state index in [1.165, 1.54) is 5.56 Å². The third kappa shape index (κ3) is 3.35. The molecule has 82 valence electrons. The van der Waals surface area contributed by atoms with E-state index in [0.717, 1.165) is 0 Å². The second-order valence-corrected chi connectivity index (χ2v) is 4.51. The van der Waals surface area contributed by atoms with Crippen LogP contribution in [0.2, 0.25) is 0 Å². The molecule has 0 unspecified atom stereocenters. The third-order valence-electron chi connectivity index (χ3n) is 2.16. The summed E-state index contributed by atoms with van der Waals surface area (Å²) in [5.41, 5.74) is 1.90. The Labute approximate surface area is 89.5 Å². The van der Waals surface area contributed by atoms with E-state index in [0.29, 0.717) is 5.69 Å². The standard InChI is InChI=1S/C12H16FNO/c1-12(2,3)9-4-6-10(7-5-9)14-11(15)8-13/h4-7H,8H2,1-3H3,(H,14,15). The summed E-state index contributed by atoms with van der Waals surface area (Å²) < 4.78 is 11.9. The second-order valence-electron chi connectivity index (χ2n) is 4.51. The van der Waals surface area contributed by atoms with Gasteiger partial charge in [0.15, 0.2) is 6.67 Å². The Morgan fingerprint density at radius 1 is 1.27 bits per heavy atom. The van der Waals surface area contributed by atoms with Crippen molar-refractivity contribution in [3.8, 4) is 0 Å². The van der Waals surface area contributed by atoms with Gasteiger partial charge in [-0.15, -0.1) is 0 Å². The van der Waals surface area contributed by atoms with Crippen molar-refractivity contribution in [3.63, 3.8) is 0 Å². The quantitative estimate of drug-likeness (QED) is 0.797. The van der Waals surface area contributed by atoms with Gasteiger partial charge in [-0.3, -0.25) is 4.79 Å². The summed E-state index contributed by atoms with van der Waals surface area (Å²) in [4.78, 5) is 10.8. The zero-order valence-corrected chi connectivity index (χ0v) is 9.30. The lowest BCUT2D eigenvalue weighted by Crippen LogP contribution is -2.14. The molecule has 0 fully saturated rings. The molecule has 3 heteroatoms. The summed E-state index contributed by atoms with van der Waals surface area (Å²) in [6.45, 7) is 5.35. The minimum Gasteiger partial charge on any atom is -0.324 e. The summed E-state index contributed by atoms with van der Waals surface area (Å²) in [5, 5.41) is 2.46. The van der Waals surface area contributed by atoms with E-state index in [1.807, 2.05) is 12.1 Å². The van der Waals surface area contributed by atoms with Crippen molar-refractivity contribution < 1.29 is 9.18 Å². The molecule has 0 bridgehead atoms. The van der Waals surface area contributed by atoms with Crippen LogP contribution >= 0.6 is 0 Å². The maximum absolute atomic E-state index is 11.9. The van der Waals surface area contributed by atoms with Gasteiger partial charge in [0, 0.05) is 5.69 Å². The fourth-order valence-electron chi connectivity index (χ4n) is 1.25. The van der Waals surface area contributed by atoms with Gasteiger partial charge in [0.05, 0.1) is 0 Å². The number of halogens is 1. The van der Waals surface area contributed by atoms with Crippen molar-refractivity contribution in [2.24, 2.45) is 0 Å². The van der Waals surface area contributed by atoms with Crippen LogP contribution in [0.25, 0.3) is 0 Å². The highest BCUT2D eigenvalue weighted by atomic mass is 19.1. The number of rotatable bonds is 2. The lowest BCUT2D eigenvalue weighted by atomic mass is 9.87. The molecule has 1 rings (SSSR count). The predicted octanol–water partition coefficient (Wildman–Crippen LogP) is 2.89. The average Bonchev–Trinajstić information content (AvgIpc) is 2.17. The third-order valence-corrected chi connectivity index (χ3v) is 2.16. The number of benzene rings is 1. The van der Waals surface area contributed by atoms with Crippen LogP contribution in [-0.4, -0.2) is 12.6 Å². The normalized spacial score (nSPS) is 11.2. The zero-order chi connectivity index (χ0) is 11.5. The Morgan fingerprint density at radius 3 is 2.20 bits per heavy atom. The van der Waals surface area contributed by atoms with Crippen molar-refractivity contribution in [2.45, 2.75) is 26.2 Å². The van der Waals surface area contributed by atoms with Crippen LogP contribution in [0.1, 0.15) is 26.3 Å². The Balaban J connectivity index is 2.77. The van der Waals surface area contributed by atoms with Crippen molar-refractivity contribution in [1.82, 2.24) is 0 Å². The summed E-state index contributed by atoms with van der Waals surface area (Å²) in [6, 6.07) is 7.45. The van der Waals surface area contributed by atoms with E-state index in [9.17, 15) is 9.18 Å². The second kappa shape index (κ2) is 4.43. The van der Waals surface area contributed by atoms with Crippen LogP contribution in [-0.2, 0) is 10.2 Å². The maximum Gasteiger partial charge on any atom is 0.255 e. The van der Waals surface area contributed by atoms with Gasteiger partial charge in [-0.05, 0) is 23.1 Å². The molecule has 1 N–H and O–H groups in total. The molecular formula is C12H16FNO. The topological polar surface area (TPSA) is 29.1 Å². The van der Waals surface area contributed by atoms with Gasteiger partial charge in [-0.25, -0.2) is 4.39 Å². The molecule has 2 nitrogen and oxygen atoms in total. The van der Waals surface area contributed by atoms with Crippen molar-refractivity contribution >= 4 is 11.6 Å². The van der Waals surface area contributed by atoms with E-state index in [2.05, 4.69) is 26.1 Å². The zero-order valence-electron chi connectivity index (χ0n) is 9.30.